The Balaban J connectivity index is 1.54. The van der Waals surface area contributed by atoms with Gasteiger partial charge in [0.25, 0.3) is 5.56 Å². The first-order chi connectivity index (χ1) is 14.0. The van der Waals surface area contributed by atoms with Crippen molar-refractivity contribution < 1.29 is 9.59 Å². The number of thiophene rings is 1. The summed E-state index contributed by atoms with van der Waals surface area (Å²) in [5.74, 6) is -1.09. The number of aromatic amines is 1. The van der Waals surface area contributed by atoms with Gasteiger partial charge in [-0.25, -0.2) is 4.98 Å². The highest BCUT2D eigenvalue weighted by atomic mass is 32.1. The first-order valence-electron chi connectivity index (χ1n) is 9.32. The minimum absolute atomic E-state index is 0.191. The lowest BCUT2D eigenvalue weighted by Crippen LogP contribution is -2.35. The number of amides is 2. The predicted molar refractivity (Wildman–Crippen MR) is 108 cm³/mol. The van der Waals surface area contributed by atoms with Gasteiger partial charge in [0.1, 0.15) is 5.82 Å². The molecule has 0 spiro atoms. The molecule has 3 N–H and O–H groups in total. The molecule has 2 amide bonds. The molecule has 3 aromatic heterocycles. The number of nitrogens with zero attached hydrogens (tertiary/aromatic N) is 3. The molecule has 4 rings (SSSR count). The lowest BCUT2D eigenvalue weighted by molar-refractivity contribution is -0.136. The van der Waals surface area contributed by atoms with E-state index in [0.717, 1.165) is 29.8 Å². The van der Waals surface area contributed by atoms with Crippen LogP contribution >= 0.6 is 11.3 Å². The molecule has 29 heavy (non-hydrogen) atoms. The summed E-state index contributed by atoms with van der Waals surface area (Å²) >= 11 is 1.49. The quantitative estimate of drug-likeness (QED) is 0.560. The predicted octanol–water partition coefficient (Wildman–Crippen LogP) is 1.46. The number of H-pyrrole nitrogens is 1. The number of fused-ring (bicyclic) bond motifs is 1. The molecule has 1 aliphatic rings. The van der Waals surface area contributed by atoms with Crippen LogP contribution in [0.25, 0.3) is 5.95 Å². The maximum Gasteiger partial charge on any atom is 0.314 e. The number of hydrogen-bond acceptors (Lipinski definition) is 6. The molecule has 0 bridgehead atoms. The Labute approximate surface area is 170 Å². The van der Waals surface area contributed by atoms with Crippen molar-refractivity contribution >= 4 is 29.0 Å². The average molecular weight is 412 g/mol. The van der Waals surface area contributed by atoms with Crippen molar-refractivity contribution in [1.29, 1.82) is 0 Å². The van der Waals surface area contributed by atoms with Crippen LogP contribution in [0.2, 0.25) is 0 Å². The van der Waals surface area contributed by atoms with Crippen molar-refractivity contribution in [2.24, 2.45) is 0 Å². The van der Waals surface area contributed by atoms with Crippen LogP contribution in [-0.2, 0) is 29.0 Å². The summed E-state index contributed by atoms with van der Waals surface area (Å²) in [7, 11) is 0. The molecule has 9 nitrogen and oxygen atoms in total. The number of rotatable bonds is 4. The summed E-state index contributed by atoms with van der Waals surface area (Å²) in [4.78, 5) is 45.1. The molecule has 3 aromatic rings. The van der Waals surface area contributed by atoms with E-state index in [9.17, 15) is 14.4 Å². The molecule has 0 unspecified atom stereocenters. The van der Waals surface area contributed by atoms with Crippen LogP contribution in [0.15, 0.2) is 28.4 Å². The van der Waals surface area contributed by atoms with E-state index in [1.807, 2.05) is 17.5 Å². The van der Waals surface area contributed by atoms with Crippen molar-refractivity contribution in [2.75, 3.05) is 5.32 Å². The largest absolute Gasteiger partial charge is 0.343 e. The van der Waals surface area contributed by atoms with Gasteiger partial charge in [0.15, 0.2) is 0 Å². The van der Waals surface area contributed by atoms with Gasteiger partial charge in [0.2, 0.25) is 5.95 Å². The zero-order valence-electron chi connectivity index (χ0n) is 15.8. The Morgan fingerprint density at radius 1 is 1.28 bits per heavy atom. The van der Waals surface area contributed by atoms with E-state index in [2.05, 4.69) is 25.7 Å². The van der Waals surface area contributed by atoms with Crippen LogP contribution in [-0.4, -0.2) is 31.6 Å². The Morgan fingerprint density at radius 3 is 2.90 bits per heavy atom. The van der Waals surface area contributed by atoms with Gasteiger partial charge in [0, 0.05) is 16.5 Å². The fourth-order valence-electron chi connectivity index (χ4n) is 3.27. The SMILES string of the molecule is Cc1cc(NC(=O)C(=O)NCc2cccs2)n(-c2nc3c(c(=O)[nH]2)CCCC3)n1. The molecule has 0 fully saturated rings. The molecular formula is C19H20N6O3S. The van der Waals surface area contributed by atoms with Gasteiger partial charge in [-0.1, -0.05) is 6.07 Å². The van der Waals surface area contributed by atoms with Gasteiger partial charge in [-0.15, -0.1) is 11.3 Å². The van der Waals surface area contributed by atoms with Crippen molar-refractivity contribution in [2.45, 2.75) is 39.2 Å². The number of carbonyl (C=O) groups excluding carboxylic acids is 2. The Bertz CT molecular complexity index is 1120. The van der Waals surface area contributed by atoms with Crippen molar-refractivity contribution in [3.63, 3.8) is 0 Å². The van der Waals surface area contributed by atoms with E-state index >= 15 is 0 Å². The zero-order valence-corrected chi connectivity index (χ0v) is 16.6. The number of hydrogen-bond donors (Lipinski definition) is 3. The van der Waals surface area contributed by atoms with Gasteiger partial charge in [-0.05, 0) is 44.1 Å². The van der Waals surface area contributed by atoms with E-state index in [-0.39, 0.29) is 23.9 Å². The first kappa shape index (κ1) is 19.1. The maximum absolute atomic E-state index is 12.4. The second-order valence-corrected chi connectivity index (χ2v) is 7.85. The van der Waals surface area contributed by atoms with Crippen LogP contribution < -0.4 is 16.2 Å². The molecule has 1 aliphatic carbocycles. The third-order valence-corrected chi connectivity index (χ3v) is 5.54. The van der Waals surface area contributed by atoms with Crippen LogP contribution in [0.1, 0.15) is 34.7 Å². The molecule has 0 radical (unpaired) electrons. The third kappa shape index (κ3) is 4.11. The van der Waals surface area contributed by atoms with Crippen molar-refractivity contribution in [3.8, 4) is 5.95 Å². The molecule has 0 aliphatic heterocycles. The molecule has 0 atom stereocenters. The highest BCUT2D eigenvalue weighted by molar-refractivity contribution is 7.09. The molecule has 10 heteroatoms. The minimum atomic E-state index is -0.817. The van der Waals surface area contributed by atoms with Crippen LogP contribution in [0.5, 0.6) is 0 Å². The molecular weight excluding hydrogens is 392 g/mol. The smallest absolute Gasteiger partial charge is 0.314 e. The zero-order chi connectivity index (χ0) is 20.4. The van der Waals surface area contributed by atoms with Gasteiger partial charge in [-0.3, -0.25) is 19.4 Å². The Hall–Kier alpha value is -3.27. The molecule has 150 valence electrons. The lowest BCUT2D eigenvalue weighted by Gasteiger charge is -2.15. The molecule has 3 heterocycles. The van der Waals surface area contributed by atoms with Crippen molar-refractivity contribution in [3.05, 3.63) is 55.8 Å². The average Bonchev–Trinajstić information content (AvgIpc) is 3.35. The number of anilines is 1. The second-order valence-electron chi connectivity index (χ2n) is 6.82. The van der Waals surface area contributed by atoms with Gasteiger partial charge in [-0.2, -0.15) is 9.78 Å². The van der Waals surface area contributed by atoms with Crippen LogP contribution in [0.4, 0.5) is 5.82 Å². The molecule has 0 saturated heterocycles. The Morgan fingerprint density at radius 2 is 2.10 bits per heavy atom. The summed E-state index contributed by atoms with van der Waals surface area (Å²) in [6.07, 6.45) is 3.40. The summed E-state index contributed by atoms with van der Waals surface area (Å²) in [6, 6.07) is 5.36. The summed E-state index contributed by atoms with van der Waals surface area (Å²) in [5, 5.41) is 11.3. The highest BCUT2D eigenvalue weighted by Crippen LogP contribution is 2.19. The normalized spacial score (nSPS) is 13.0. The fourth-order valence-corrected chi connectivity index (χ4v) is 3.92. The van der Waals surface area contributed by atoms with E-state index < -0.39 is 11.8 Å². The van der Waals surface area contributed by atoms with Gasteiger partial charge in [0.05, 0.1) is 17.9 Å². The number of aryl methyl sites for hydroxylation is 2. The molecule has 0 saturated carbocycles. The fraction of sp³-hybridized carbons (Fsp3) is 0.316. The number of nitrogens with one attached hydrogen (secondary N) is 3. The third-order valence-electron chi connectivity index (χ3n) is 4.66. The van der Waals surface area contributed by atoms with Crippen LogP contribution in [0.3, 0.4) is 0 Å². The number of aromatic nitrogens is 4. The summed E-state index contributed by atoms with van der Waals surface area (Å²) in [6.45, 7) is 2.03. The van der Waals surface area contributed by atoms with Gasteiger partial charge < -0.3 is 10.6 Å². The summed E-state index contributed by atoms with van der Waals surface area (Å²) in [5.41, 5.74) is 1.89. The van der Waals surface area contributed by atoms with E-state index in [0.29, 0.717) is 17.7 Å². The minimum Gasteiger partial charge on any atom is -0.343 e. The monoisotopic (exact) mass is 412 g/mol. The highest BCUT2D eigenvalue weighted by Gasteiger charge is 2.20. The maximum atomic E-state index is 12.4. The van der Waals surface area contributed by atoms with Crippen molar-refractivity contribution in [1.82, 2.24) is 25.1 Å². The molecule has 0 aromatic carbocycles. The van der Waals surface area contributed by atoms with E-state index in [1.54, 1.807) is 13.0 Å². The van der Waals surface area contributed by atoms with Crippen LogP contribution in [0, 0.1) is 6.92 Å². The topological polar surface area (TPSA) is 122 Å². The van der Waals surface area contributed by atoms with E-state index in [4.69, 9.17) is 0 Å². The lowest BCUT2D eigenvalue weighted by atomic mass is 9.97. The standard InChI is InChI=1S/C19H20N6O3S/c1-11-9-15(22-18(28)17(27)20-10-12-5-4-8-29-12)25(24-11)19-21-14-7-3-2-6-13(14)16(26)23-19/h4-5,8-9H,2-3,6-7,10H2,1H3,(H,20,27)(H,22,28)(H,21,23,26). The van der Waals surface area contributed by atoms with E-state index in [1.165, 1.54) is 16.0 Å². The Kier molecular flexibility index (Phi) is 5.26. The summed E-state index contributed by atoms with van der Waals surface area (Å²) < 4.78 is 1.34. The first-order valence-corrected chi connectivity index (χ1v) is 10.2. The second kappa shape index (κ2) is 8.00. The van der Waals surface area contributed by atoms with Gasteiger partial charge >= 0.3 is 11.8 Å². The number of carbonyl (C=O) groups is 2.